The van der Waals surface area contributed by atoms with Crippen LogP contribution in [0, 0.1) is 6.92 Å². The molecule has 0 N–H and O–H groups in total. The summed E-state index contributed by atoms with van der Waals surface area (Å²) in [5.41, 5.74) is 3.67. The fourth-order valence-corrected chi connectivity index (χ4v) is 2.70. The highest BCUT2D eigenvalue weighted by Gasteiger charge is 2.19. The van der Waals surface area contributed by atoms with E-state index in [9.17, 15) is 4.79 Å². The molecule has 3 aromatic rings. The van der Waals surface area contributed by atoms with Crippen LogP contribution in [0.4, 0.5) is 0 Å². The molecule has 0 saturated carbocycles. The van der Waals surface area contributed by atoms with Crippen molar-refractivity contribution in [3.8, 4) is 0 Å². The summed E-state index contributed by atoms with van der Waals surface area (Å²) in [6.45, 7) is 3.10. The second kappa shape index (κ2) is 7.75. The Bertz CT molecular complexity index is 808. The Morgan fingerprint density at radius 3 is 2.52 bits per heavy atom. The lowest BCUT2D eigenvalue weighted by Gasteiger charge is -2.22. The lowest BCUT2D eigenvalue weighted by molar-refractivity contribution is 0.0738. The van der Waals surface area contributed by atoms with Gasteiger partial charge in [0, 0.05) is 38.2 Å². The number of pyridine rings is 1. The van der Waals surface area contributed by atoms with E-state index in [-0.39, 0.29) is 5.91 Å². The molecule has 5 nitrogen and oxygen atoms in total. The topological polar surface area (TPSA) is 51.0 Å². The Kier molecular flexibility index (Phi) is 5.23. The molecular formula is C20H22N4O. The van der Waals surface area contributed by atoms with Crippen LogP contribution in [0.2, 0.25) is 0 Å². The molecule has 2 aromatic heterocycles. The van der Waals surface area contributed by atoms with Crippen molar-refractivity contribution in [2.75, 3.05) is 6.54 Å². The third-order valence-electron chi connectivity index (χ3n) is 4.23. The summed E-state index contributed by atoms with van der Waals surface area (Å²) in [5, 5.41) is 4.34. The zero-order valence-electron chi connectivity index (χ0n) is 14.6. The van der Waals surface area contributed by atoms with Crippen molar-refractivity contribution >= 4 is 5.91 Å². The first-order valence-corrected chi connectivity index (χ1v) is 8.36. The molecule has 128 valence electrons. The van der Waals surface area contributed by atoms with Gasteiger partial charge in [-0.05, 0) is 36.6 Å². The molecule has 0 atom stereocenters. The van der Waals surface area contributed by atoms with E-state index >= 15 is 0 Å². The molecule has 0 bridgehead atoms. The zero-order valence-corrected chi connectivity index (χ0v) is 14.6. The molecule has 5 heteroatoms. The molecular weight excluding hydrogens is 312 g/mol. The predicted molar refractivity (Wildman–Crippen MR) is 97.1 cm³/mol. The zero-order chi connectivity index (χ0) is 17.6. The largest absolute Gasteiger partial charge is 0.333 e. The molecule has 2 heterocycles. The van der Waals surface area contributed by atoms with E-state index in [0.29, 0.717) is 18.8 Å². The van der Waals surface area contributed by atoms with Crippen LogP contribution in [0.25, 0.3) is 0 Å². The minimum atomic E-state index is -0.0523. The molecule has 0 fully saturated rings. The fraction of sp³-hybridized carbons (Fsp3) is 0.250. The van der Waals surface area contributed by atoms with E-state index in [0.717, 1.165) is 17.7 Å². The summed E-state index contributed by atoms with van der Waals surface area (Å²) in [5.74, 6) is -0.0523. The summed E-state index contributed by atoms with van der Waals surface area (Å²) >= 11 is 0. The van der Waals surface area contributed by atoms with Crippen molar-refractivity contribution < 1.29 is 4.79 Å². The van der Waals surface area contributed by atoms with E-state index in [1.807, 2.05) is 55.3 Å². The molecule has 0 aliphatic heterocycles. The smallest absolute Gasteiger partial charge is 0.274 e. The minimum absolute atomic E-state index is 0.0523. The summed E-state index contributed by atoms with van der Waals surface area (Å²) in [6.07, 6.45) is 4.34. The van der Waals surface area contributed by atoms with Gasteiger partial charge >= 0.3 is 0 Å². The molecule has 0 radical (unpaired) electrons. The van der Waals surface area contributed by atoms with Crippen molar-refractivity contribution in [1.29, 1.82) is 0 Å². The van der Waals surface area contributed by atoms with Gasteiger partial charge in [-0.3, -0.25) is 14.5 Å². The molecule has 0 unspecified atom stereocenters. The maximum atomic E-state index is 13.0. The highest BCUT2D eigenvalue weighted by molar-refractivity contribution is 5.92. The SMILES string of the molecule is Cc1cc(C(=O)N(CCc2ccccc2)Cc2cccnc2)nn1C. The number of benzene rings is 1. The molecule has 3 rings (SSSR count). The van der Waals surface area contributed by atoms with E-state index in [2.05, 4.69) is 22.2 Å². The van der Waals surface area contributed by atoms with Gasteiger partial charge in [-0.2, -0.15) is 5.10 Å². The first-order chi connectivity index (χ1) is 12.1. The first kappa shape index (κ1) is 16.9. The Morgan fingerprint density at radius 2 is 1.88 bits per heavy atom. The van der Waals surface area contributed by atoms with Crippen LogP contribution in [0.1, 0.15) is 27.3 Å². The number of carbonyl (C=O) groups excluding carboxylic acids is 1. The van der Waals surface area contributed by atoms with Crippen LogP contribution < -0.4 is 0 Å². The number of amides is 1. The van der Waals surface area contributed by atoms with Crippen LogP contribution in [-0.4, -0.2) is 32.1 Å². The van der Waals surface area contributed by atoms with E-state index < -0.39 is 0 Å². The molecule has 1 aromatic carbocycles. The number of nitrogens with zero attached hydrogens (tertiary/aromatic N) is 4. The lowest BCUT2D eigenvalue weighted by Crippen LogP contribution is -2.33. The molecule has 0 saturated heterocycles. The van der Waals surface area contributed by atoms with Crippen LogP contribution in [-0.2, 0) is 20.0 Å². The van der Waals surface area contributed by atoms with Crippen molar-refractivity contribution in [2.45, 2.75) is 19.9 Å². The summed E-state index contributed by atoms with van der Waals surface area (Å²) in [7, 11) is 1.85. The first-order valence-electron chi connectivity index (χ1n) is 8.36. The second-order valence-corrected chi connectivity index (χ2v) is 6.12. The lowest BCUT2D eigenvalue weighted by atomic mass is 10.1. The normalized spacial score (nSPS) is 10.6. The Morgan fingerprint density at radius 1 is 1.12 bits per heavy atom. The standard InChI is InChI=1S/C20H22N4O/c1-16-13-19(22-23(16)2)20(25)24(15-18-9-6-11-21-14-18)12-10-17-7-4-3-5-8-17/h3-9,11,13-14H,10,12,15H2,1-2H3. The minimum Gasteiger partial charge on any atom is -0.333 e. The van der Waals surface area contributed by atoms with Crippen LogP contribution in [0.15, 0.2) is 60.9 Å². The Balaban J connectivity index is 1.79. The van der Waals surface area contributed by atoms with Gasteiger partial charge in [-0.15, -0.1) is 0 Å². The number of aryl methyl sites for hydroxylation is 2. The van der Waals surface area contributed by atoms with Gasteiger partial charge in [0.25, 0.3) is 5.91 Å². The maximum absolute atomic E-state index is 13.0. The summed E-state index contributed by atoms with van der Waals surface area (Å²) < 4.78 is 1.73. The fourth-order valence-electron chi connectivity index (χ4n) is 2.70. The highest BCUT2D eigenvalue weighted by Crippen LogP contribution is 2.11. The van der Waals surface area contributed by atoms with Gasteiger partial charge in [0.1, 0.15) is 0 Å². The summed E-state index contributed by atoms with van der Waals surface area (Å²) in [6, 6.07) is 15.9. The molecule has 0 aliphatic carbocycles. The quantitative estimate of drug-likeness (QED) is 0.696. The number of aromatic nitrogens is 3. The maximum Gasteiger partial charge on any atom is 0.274 e. The third kappa shape index (κ3) is 4.32. The van der Waals surface area contributed by atoms with Gasteiger partial charge in [0.2, 0.25) is 0 Å². The third-order valence-corrected chi connectivity index (χ3v) is 4.23. The Labute approximate surface area is 147 Å². The number of rotatable bonds is 6. The molecule has 0 aliphatic rings. The average Bonchev–Trinajstić information content (AvgIpc) is 2.98. The molecule has 25 heavy (non-hydrogen) atoms. The van der Waals surface area contributed by atoms with Gasteiger partial charge in [-0.25, -0.2) is 0 Å². The van der Waals surface area contributed by atoms with Gasteiger partial charge in [0.15, 0.2) is 5.69 Å². The van der Waals surface area contributed by atoms with Gasteiger partial charge in [0.05, 0.1) is 0 Å². The van der Waals surface area contributed by atoms with Crippen molar-refractivity contribution in [2.24, 2.45) is 7.05 Å². The van der Waals surface area contributed by atoms with Crippen LogP contribution in [0.5, 0.6) is 0 Å². The second-order valence-electron chi connectivity index (χ2n) is 6.12. The van der Waals surface area contributed by atoms with Crippen LogP contribution in [0.3, 0.4) is 0 Å². The monoisotopic (exact) mass is 334 g/mol. The molecule has 1 amide bonds. The van der Waals surface area contributed by atoms with Crippen molar-refractivity contribution in [1.82, 2.24) is 19.7 Å². The Hall–Kier alpha value is -2.95. The van der Waals surface area contributed by atoms with Gasteiger partial charge in [-0.1, -0.05) is 36.4 Å². The van der Waals surface area contributed by atoms with Crippen LogP contribution >= 0.6 is 0 Å². The molecule has 0 spiro atoms. The predicted octanol–water partition coefficient (Wildman–Crippen LogP) is 3.01. The highest BCUT2D eigenvalue weighted by atomic mass is 16.2. The van der Waals surface area contributed by atoms with Crippen molar-refractivity contribution in [3.05, 3.63) is 83.4 Å². The summed E-state index contributed by atoms with van der Waals surface area (Å²) in [4.78, 5) is 19.0. The number of carbonyl (C=O) groups is 1. The van der Waals surface area contributed by atoms with Gasteiger partial charge < -0.3 is 4.90 Å². The average molecular weight is 334 g/mol. The van der Waals surface area contributed by atoms with E-state index in [4.69, 9.17) is 0 Å². The van der Waals surface area contributed by atoms with Crippen molar-refractivity contribution in [3.63, 3.8) is 0 Å². The number of hydrogen-bond donors (Lipinski definition) is 0. The van der Waals surface area contributed by atoms with E-state index in [1.165, 1.54) is 5.56 Å². The number of hydrogen-bond acceptors (Lipinski definition) is 3. The van der Waals surface area contributed by atoms with E-state index in [1.54, 1.807) is 17.1 Å².